The fraction of sp³-hybridized carbons (Fsp3) is 0.455. The summed E-state index contributed by atoms with van der Waals surface area (Å²) in [5.41, 5.74) is 0. The van der Waals surface area contributed by atoms with E-state index in [9.17, 15) is 22.0 Å². The van der Waals surface area contributed by atoms with E-state index < -0.39 is 27.1 Å². The van der Waals surface area contributed by atoms with Gasteiger partial charge in [0.15, 0.2) is 0 Å². The summed E-state index contributed by atoms with van der Waals surface area (Å²) >= 11 is 0. The summed E-state index contributed by atoms with van der Waals surface area (Å²) in [5.74, 6) is 0. The summed E-state index contributed by atoms with van der Waals surface area (Å²) in [6, 6.07) is 6.60. The van der Waals surface area contributed by atoms with E-state index >= 15 is 0 Å². The Morgan fingerprint density at radius 3 is 2.11 bits per heavy atom. The van der Waals surface area contributed by atoms with Gasteiger partial charge in [0.25, 0.3) is 0 Å². The van der Waals surface area contributed by atoms with Gasteiger partial charge in [0.1, 0.15) is 0 Å². The molecule has 0 aromatic heterocycles. The van der Waals surface area contributed by atoms with Crippen molar-refractivity contribution in [2.45, 2.75) is 31.8 Å². The van der Waals surface area contributed by atoms with E-state index in [0.29, 0.717) is 0 Å². The second-order valence-electron chi connectivity index (χ2n) is 3.86. The Hall–Kier alpha value is -0.953. The fourth-order valence-corrected chi connectivity index (χ4v) is 4.87. The van der Waals surface area contributed by atoms with Gasteiger partial charge in [0.05, 0.1) is 0 Å². The summed E-state index contributed by atoms with van der Waals surface area (Å²) in [5, 5.41) is 0.241. The zero-order valence-corrected chi connectivity index (χ0v) is 10.7. The Morgan fingerprint density at radius 1 is 1.17 bits per heavy atom. The Labute approximate surface area is 103 Å². The third-order valence-corrected chi connectivity index (χ3v) is 6.78. The molecule has 102 valence electrons. The van der Waals surface area contributed by atoms with Crippen molar-refractivity contribution in [2.24, 2.45) is 0 Å². The largest absolute Gasteiger partial charge is 0.512 e. The van der Waals surface area contributed by atoms with E-state index in [2.05, 4.69) is 4.43 Å². The molecule has 0 aliphatic heterocycles. The van der Waals surface area contributed by atoms with Crippen molar-refractivity contribution in [1.29, 1.82) is 0 Å². The molecule has 0 radical (unpaired) electrons. The van der Waals surface area contributed by atoms with E-state index in [1.807, 2.05) is 0 Å². The Morgan fingerprint density at radius 2 is 1.72 bits per heavy atom. The van der Waals surface area contributed by atoms with Crippen LogP contribution in [0.5, 0.6) is 0 Å². The first kappa shape index (κ1) is 15.1. The van der Waals surface area contributed by atoms with Crippen LogP contribution in [0.2, 0.25) is 12.1 Å². The highest BCUT2D eigenvalue weighted by molar-refractivity contribution is 6.86. The van der Waals surface area contributed by atoms with Gasteiger partial charge in [0, 0.05) is 6.04 Å². The molecule has 1 aromatic rings. The Bertz CT molecular complexity index is 367. The van der Waals surface area contributed by atoms with Crippen LogP contribution in [-0.4, -0.2) is 21.1 Å². The SMILES string of the molecule is CC[Si](CC(F)F)(OC(F)(F)F)c1ccccc1. The van der Waals surface area contributed by atoms with Gasteiger partial charge in [-0.05, 0) is 11.2 Å². The van der Waals surface area contributed by atoms with Crippen LogP contribution in [-0.2, 0) is 4.43 Å². The molecule has 0 spiro atoms. The highest BCUT2D eigenvalue weighted by Gasteiger charge is 2.47. The van der Waals surface area contributed by atoms with Gasteiger partial charge in [-0.2, -0.15) is 0 Å². The van der Waals surface area contributed by atoms with Crippen molar-refractivity contribution in [1.82, 2.24) is 0 Å². The first-order valence-corrected chi connectivity index (χ1v) is 7.72. The van der Waals surface area contributed by atoms with Gasteiger partial charge >= 0.3 is 6.36 Å². The smallest absolute Gasteiger partial charge is 0.330 e. The minimum Gasteiger partial charge on any atom is -0.330 e. The lowest BCUT2D eigenvalue weighted by atomic mass is 10.4. The fourth-order valence-electron chi connectivity index (χ4n) is 1.85. The van der Waals surface area contributed by atoms with Crippen molar-refractivity contribution in [3.8, 4) is 0 Å². The maximum Gasteiger partial charge on any atom is 0.512 e. The normalized spacial score (nSPS) is 15.7. The molecule has 18 heavy (non-hydrogen) atoms. The average Bonchev–Trinajstić information content (AvgIpc) is 2.26. The molecule has 0 heterocycles. The lowest BCUT2D eigenvalue weighted by Crippen LogP contribution is -2.54. The maximum absolute atomic E-state index is 12.6. The number of hydrogen-bond donors (Lipinski definition) is 0. The predicted octanol–water partition coefficient (Wildman–Crippen LogP) is 3.66. The molecule has 1 rings (SSSR count). The molecule has 0 amide bonds. The second kappa shape index (κ2) is 5.79. The van der Waals surface area contributed by atoms with E-state index in [4.69, 9.17) is 0 Å². The zero-order chi connectivity index (χ0) is 13.8. The standard InChI is InChI=1S/C11H13F5OSi/c1-2-18(8-10(12)13,17-11(14,15)16)9-6-4-3-5-7-9/h3-7,10H,2,8H2,1H3. The highest BCUT2D eigenvalue weighted by atomic mass is 28.4. The van der Waals surface area contributed by atoms with Crippen LogP contribution in [0, 0.1) is 0 Å². The molecule has 0 N–H and O–H groups in total. The van der Waals surface area contributed by atoms with Crippen molar-refractivity contribution < 1.29 is 26.4 Å². The number of benzene rings is 1. The molecular weight excluding hydrogens is 271 g/mol. The second-order valence-corrected chi connectivity index (χ2v) is 7.74. The molecule has 7 heteroatoms. The molecule has 0 aliphatic carbocycles. The summed E-state index contributed by atoms with van der Waals surface area (Å²) in [6.07, 6.45) is -7.72. The third kappa shape index (κ3) is 4.06. The van der Waals surface area contributed by atoms with Gasteiger partial charge < -0.3 is 4.43 Å². The maximum atomic E-state index is 12.6. The monoisotopic (exact) mass is 284 g/mol. The third-order valence-electron chi connectivity index (χ3n) is 2.67. The minimum atomic E-state index is -4.90. The number of rotatable bonds is 5. The van der Waals surface area contributed by atoms with E-state index in [1.165, 1.54) is 31.2 Å². The van der Waals surface area contributed by atoms with Crippen LogP contribution in [0.3, 0.4) is 0 Å². The molecular formula is C11H13F5OSi. The van der Waals surface area contributed by atoms with E-state index in [0.717, 1.165) is 0 Å². The summed E-state index contributed by atoms with van der Waals surface area (Å²) < 4.78 is 66.6. The molecule has 1 nitrogen and oxygen atoms in total. The van der Waals surface area contributed by atoms with Gasteiger partial charge in [0.2, 0.25) is 14.7 Å². The highest BCUT2D eigenvalue weighted by Crippen LogP contribution is 2.30. The van der Waals surface area contributed by atoms with Crippen LogP contribution in [0.1, 0.15) is 6.92 Å². The van der Waals surface area contributed by atoms with Gasteiger partial charge in [-0.15, -0.1) is 13.2 Å². The molecule has 1 atom stereocenters. The zero-order valence-electron chi connectivity index (χ0n) is 9.68. The molecule has 0 bridgehead atoms. The molecule has 1 aromatic carbocycles. The van der Waals surface area contributed by atoms with Crippen molar-refractivity contribution in [3.05, 3.63) is 30.3 Å². The van der Waals surface area contributed by atoms with E-state index in [1.54, 1.807) is 6.07 Å². The van der Waals surface area contributed by atoms with Gasteiger partial charge in [-0.3, -0.25) is 0 Å². The topological polar surface area (TPSA) is 9.23 Å². The number of alkyl halides is 5. The van der Waals surface area contributed by atoms with Gasteiger partial charge in [-0.1, -0.05) is 37.3 Å². The first-order valence-electron chi connectivity index (χ1n) is 5.39. The van der Waals surface area contributed by atoms with Crippen LogP contribution in [0.4, 0.5) is 22.0 Å². The lowest BCUT2D eigenvalue weighted by Gasteiger charge is -2.31. The van der Waals surface area contributed by atoms with Crippen LogP contribution < -0.4 is 5.19 Å². The number of hydrogen-bond acceptors (Lipinski definition) is 1. The summed E-state index contributed by atoms with van der Waals surface area (Å²) in [4.78, 5) is 0. The summed E-state index contributed by atoms with van der Waals surface area (Å²) in [6.45, 7) is 1.45. The van der Waals surface area contributed by atoms with Gasteiger partial charge in [-0.25, -0.2) is 8.78 Å². The van der Waals surface area contributed by atoms with E-state index in [-0.39, 0.29) is 11.2 Å². The average molecular weight is 284 g/mol. The Balaban J connectivity index is 3.14. The molecule has 0 saturated carbocycles. The molecule has 0 aliphatic rings. The van der Waals surface area contributed by atoms with Crippen LogP contribution in [0.25, 0.3) is 0 Å². The molecule has 0 fully saturated rings. The lowest BCUT2D eigenvalue weighted by molar-refractivity contribution is -0.281. The quantitative estimate of drug-likeness (QED) is 0.592. The van der Waals surface area contributed by atoms with Crippen molar-refractivity contribution in [2.75, 3.05) is 0 Å². The molecule has 1 unspecified atom stereocenters. The predicted molar refractivity (Wildman–Crippen MR) is 60.3 cm³/mol. The van der Waals surface area contributed by atoms with Crippen LogP contribution in [0.15, 0.2) is 30.3 Å². The number of halogens is 5. The van der Waals surface area contributed by atoms with Crippen molar-refractivity contribution in [3.63, 3.8) is 0 Å². The first-order chi connectivity index (χ1) is 8.29. The van der Waals surface area contributed by atoms with Crippen molar-refractivity contribution >= 4 is 13.5 Å². The summed E-state index contributed by atoms with van der Waals surface area (Å²) in [7, 11) is -3.72. The Kier molecular flexibility index (Phi) is 4.86. The van der Waals surface area contributed by atoms with Crippen LogP contribution >= 0.6 is 0 Å². The minimum absolute atomic E-state index is 0.0547. The molecule has 0 saturated heterocycles.